The van der Waals surface area contributed by atoms with Crippen LogP contribution in [0.25, 0.3) is 5.65 Å². The molecule has 18 heavy (non-hydrogen) atoms. The highest BCUT2D eigenvalue weighted by Gasteiger charge is 2.20. The molecule has 0 N–H and O–H groups in total. The number of fused-ring (bicyclic) bond motifs is 1. The van der Waals surface area contributed by atoms with Crippen LogP contribution in [0.3, 0.4) is 0 Å². The van der Waals surface area contributed by atoms with Crippen LogP contribution in [0.4, 0.5) is 0 Å². The summed E-state index contributed by atoms with van der Waals surface area (Å²) in [6.45, 7) is 2.30. The largest absolute Gasteiger partial charge is 0.461 e. The lowest BCUT2D eigenvalue weighted by Gasteiger charge is -2.04. The molecule has 2 aromatic heterocycles. The molecule has 2 rings (SSSR count). The molecule has 96 valence electrons. The first kappa shape index (κ1) is 12.9. The van der Waals surface area contributed by atoms with Crippen molar-refractivity contribution in [1.82, 2.24) is 9.38 Å². The van der Waals surface area contributed by atoms with Crippen molar-refractivity contribution >= 4 is 23.2 Å². The zero-order valence-electron chi connectivity index (χ0n) is 10.1. The fourth-order valence-corrected chi connectivity index (χ4v) is 1.88. The van der Waals surface area contributed by atoms with Gasteiger partial charge in [0.2, 0.25) is 0 Å². The first-order valence-electron chi connectivity index (χ1n) is 5.50. The number of aromatic nitrogens is 2. The molecule has 2 aromatic rings. The lowest BCUT2D eigenvalue weighted by Crippen LogP contribution is -2.11. The summed E-state index contributed by atoms with van der Waals surface area (Å²) in [4.78, 5) is 16.3. The lowest BCUT2D eigenvalue weighted by atomic mass is 10.3. The highest BCUT2D eigenvalue weighted by atomic mass is 35.5. The van der Waals surface area contributed by atoms with Crippen molar-refractivity contribution in [1.29, 1.82) is 0 Å². The van der Waals surface area contributed by atoms with E-state index in [1.807, 2.05) is 0 Å². The van der Waals surface area contributed by atoms with Crippen molar-refractivity contribution in [3.05, 3.63) is 34.7 Å². The second-order valence-corrected chi connectivity index (χ2v) is 4.07. The Kier molecular flexibility index (Phi) is 3.84. The van der Waals surface area contributed by atoms with E-state index in [2.05, 4.69) is 4.98 Å². The van der Waals surface area contributed by atoms with Crippen LogP contribution >= 0.6 is 11.6 Å². The fourth-order valence-electron chi connectivity index (χ4n) is 1.72. The number of hydrogen-bond acceptors (Lipinski definition) is 4. The zero-order valence-corrected chi connectivity index (χ0v) is 10.9. The Morgan fingerprint density at radius 3 is 2.94 bits per heavy atom. The van der Waals surface area contributed by atoms with Crippen LogP contribution in [-0.2, 0) is 16.1 Å². The molecule has 5 nitrogen and oxygen atoms in total. The molecule has 0 radical (unpaired) electrons. The molecule has 0 aliphatic heterocycles. The van der Waals surface area contributed by atoms with Gasteiger partial charge >= 0.3 is 5.97 Å². The van der Waals surface area contributed by atoms with Gasteiger partial charge in [0.25, 0.3) is 0 Å². The number of ether oxygens (including phenoxy) is 2. The summed E-state index contributed by atoms with van der Waals surface area (Å²) >= 11 is 5.93. The maximum Gasteiger partial charge on any atom is 0.357 e. The van der Waals surface area contributed by atoms with E-state index in [4.69, 9.17) is 21.1 Å². The minimum absolute atomic E-state index is 0.243. The van der Waals surface area contributed by atoms with E-state index in [1.54, 1.807) is 36.8 Å². The van der Waals surface area contributed by atoms with Gasteiger partial charge in [-0.05, 0) is 19.1 Å². The first-order chi connectivity index (χ1) is 8.67. The van der Waals surface area contributed by atoms with Crippen LogP contribution in [-0.4, -0.2) is 29.1 Å². The molecule has 0 bridgehead atoms. The maximum absolute atomic E-state index is 11.9. The number of carbonyl (C=O) groups is 1. The molecular formula is C12H13ClN2O3. The van der Waals surface area contributed by atoms with Crippen LogP contribution < -0.4 is 0 Å². The van der Waals surface area contributed by atoms with Gasteiger partial charge in [0.05, 0.1) is 18.2 Å². The number of carbonyl (C=O) groups excluding carboxylic acids is 1. The molecule has 0 fully saturated rings. The molecule has 0 aliphatic rings. The molecule has 0 aliphatic carbocycles. The number of esters is 1. The number of pyridine rings is 1. The first-order valence-corrected chi connectivity index (χ1v) is 5.87. The SMILES string of the molecule is CCOC(=O)c1c(COC)nc2ccc(Cl)cn12. The van der Waals surface area contributed by atoms with E-state index in [-0.39, 0.29) is 6.61 Å². The average Bonchev–Trinajstić information content (AvgIpc) is 2.67. The minimum atomic E-state index is -0.431. The zero-order chi connectivity index (χ0) is 13.1. The van der Waals surface area contributed by atoms with E-state index in [1.165, 1.54) is 0 Å². The van der Waals surface area contributed by atoms with E-state index >= 15 is 0 Å². The van der Waals surface area contributed by atoms with Crippen molar-refractivity contribution in [2.75, 3.05) is 13.7 Å². The van der Waals surface area contributed by atoms with Crippen LogP contribution in [0.1, 0.15) is 23.1 Å². The van der Waals surface area contributed by atoms with Crippen molar-refractivity contribution in [3.8, 4) is 0 Å². The Hall–Kier alpha value is -1.59. The Morgan fingerprint density at radius 2 is 2.28 bits per heavy atom. The number of methoxy groups -OCH3 is 1. The highest BCUT2D eigenvalue weighted by molar-refractivity contribution is 6.30. The summed E-state index contributed by atoms with van der Waals surface area (Å²) in [5, 5.41) is 0.523. The third-order valence-corrected chi connectivity index (χ3v) is 2.63. The molecular weight excluding hydrogens is 256 g/mol. The number of rotatable bonds is 4. The Labute approximate surface area is 109 Å². The standard InChI is InChI=1S/C12H13ClN2O3/c1-3-18-12(16)11-9(7-17-2)14-10-5-4-8(13)6-15(10)11/h4-6H,3,7H2,1-2H3. The van der Waals surface area contributed by atoms with Crippen molar-refractivity contribution < 1.29 is 14.3 Å². The highest BCUT2D eigenvalue weighted by Crippen LogP contribution is 2.18. The summed E-state index contributed by atoms with van der Waals surface area (Å²) in [5.41, 5.74) is 1.53. The van der Waals surface area contributed by atoms with Crippen LogP contribution in [0.5, 0.6) is 0 Å². The summed E-state index contributed by atoms with van der Waals surface area (Å²) in [6, 6.07) is 3.46. The number of hydrogen-bond donors (Lipinski definition) is 0. The van der Waals surface area contributed by atoms with Gasteiger partial charge in [0.1, 0.15) is 11.3 Å². The third-order valence-electron chi connectivity index (χ3n) is 2.40. The van der Waals surface area contributed by atoms with Gasteiger partial charge in [-0.2, -0.15) is 0 Å². The summed E-state index contributed by atoms with van der Waals surface area (Å²) in [7, 11) is 1.55. The van der Waals surface area contributed by atoms with Gasteiger partial charge in [-0.25, -0.2) is 9.78 Å². The topological polar surface area (TPSA) is 52.8 Å². The second kappa shape index (κ2) is 5.37. The van der Waals surface area contributed by atoms with Gasteiger partial charge in [-0.3, -0.25) is 4.40 Å². The van der Waals surface area contributed by atoms with E-state index < -0.39 is 5.97 Å². The lowest BCUT2D eigenvalue weighted by molar-refractivity contribution is 0.0513. The van der Waals surface area contributed by atoms with Crippen molar-refractivity contribution in [3.63, 3.8) is 0 Å². The Balaban J connectivity index is 2.60. The molecule has 2 heterocycles. The minimum Gasteiger partial charge on any atom is -0.461 e. The monoisotopic (exact) mass is 268 g/mol. The Morgan fingerprint density at radius 1 is 1.50 bits per heavy atom. The number of imidazole rings is 1. The molecule has 0 aromatic carbocycles. The van der Waals surface area contributed by atoms with Crippen molar-refractivity contribution in [2.24, 2.45) is 0 Å². The number of halogens is 1. The smallest absolute Gasteiger partial charge is 0.357 e. The average molecular weight is 269 g/mol. The summed E-state index contributed by atoms with van der Waals surface area (Å²) in [5.74, 6) is -0.431. The molecule has 0 spiro atoms. The van der Waals surface area contributed by atoms with Gasteiger partial charge in [-0.1, -0.05) is 11.6 Å². The Bertz CT molecular complexity index is 580. The van der Waals surface area contributed by atoms with Crippen molar-refractivity contribution in [2.45, 2.75) is 13.5 Å². The second-order valence-electron chi connectivity index (χ2n) is 3.64. The predicted molar refractivity (Wildman–Crippen MR) is 66.9 cm³/mol. The van der Waals surface area contributed by atoms with Gasteiger partial charge in [0, 0.05) is 13.3 Å². The maximum atomic E-state index is 11.9. The molecule has 0 unspecified atom stereocenters. The van der Waals surface area contributed by atoms with Gasteiger partial charge in [-0.15, -0.1) is 0 Å². The molecule has 0 saturated heterocycles. The normalized spacial score (nSPS) is 10.8. The van der Waals surface area contributed by atoms with E-state index in [0.717, 1.165) is 0 Å². The fraction of sp³-hybridized carbons (Fsp3) is 0.333. The third kappa shape index (κ3) is 2.32. The molecule has 0 atom stereocenters. The van der Waals surface area contributed by atoms with Crippen LogP contribution in [0, 0.1) is 0 Å². The van der Waals surface area contributed by atoms with Crippen LogP contribution in [0.2, 0.25) is 5.02 Å². The van der Waals surface area contributed by atoms with E-state index in [0.29, 0.717) is 28.7 Å². The summed E-state index contributed by atoms with van der Waals surface area (Å²) in [6.07, 6.45) is 1.63. The van der Waals surface area contributed by atoms with Crippen LogP contribution in [0.15, 0.2) is 18.3 Å². The molecule has 0 amide bonds. The summed E-state index contributed by atoms with van der Waals surface area (Å²) < 4.78 is 11.7. The predicted octanol–water partition coefficient (Wildman–Crippen LogP) is 2.31. The van der Waals surface area contributed by atoms with E-state index in [9.17, 15) is 4.79 Å². The molecule has 0 saturated carbocycles. The molecule has 6 heteroatoms. The van der Waals surface area contributed by atoms with Gasteiger partial charge < -0.3 is 9.47 Å². The quantitative estimate of drug-likeness (QED) is 0.799. The van der Waals surface area contributed by atoms with Gasteiger partial charge in [0.15, 0.2) is 5.69 Å². The number of nitrogens with zero attached hydrogens (tertiary/aromatic N) is 2.